The van der Waals surface area contributed by atoms with E-state index in [0.29, 0.717) is 30.1 Å². The van der Waals surface area contributed by atoms with Crippen molar-refractivity contribution < 1.29 is 19.5 Å². The fourth-order valence-corrected chi connectivity index (χ4v) is 3.34. The SMILES string of the molecule is CC1CC1C(=O)Nc1ccc(C(=O)N2CCC(C(=O)O)C2C)cc1. The van der Waals surface area contributed by atoms with Gasteiger partial charge in [0.25, 0.3) is 5.91 Å². The van der Waals surface area contributed by atoms with Gasteiger partial charge in [-0.3, -0.25) is 14.4 Å². The van der Waals surface area contributed by atoms with Crippen LogP contribution >= 0.6 is 0 Å². The molecule has 2 aliphatic rings. The largest absolute Gasteiger partial charge is 0.481 e. The molecule has 1 aliphatic heterocycles. The molecule has 1 saturated heterocycles. The van der Waals surface area contributed by atoms with Gasteiger partial charge in [0, 0.05) is 29.8 Å². The molecule has 4 atom stereocenters. The lowest BCUT2D eigenvalue weighted by Gasteiger charge is -2.23. The minimum absolute atomic E-state index is 0.0269. The van der Waals surface area contributed by atoms with Crippen LogP contribution in [-0.2, 0) is 9.59 Å². The number of rotatable bonds is 4. The smallest absolute Gasteiger partial charge is 0.308 e. The van der Waals surface area contributed by atoms with Gasteiger partial charge < -0.3 is 15.3 Å². The highest BCUT2D eigenvalue weighted by atomic mass is 16.4. The topological polar surface area (TPSA) is 86.7 Å². The standard InChI is InChI=1S/C18H22N2O4/c1-10-9-15(10)16(21)19-13-5-3-12(4-6-13)17(22)20-8-7-14(11(20)2)18(23)24/h3-6,10-11,14-15H,7-9H2,1-2H3,(H,19,21)(H,23,24). The maximum absolute atomic E-state index is 12.6. The van der Waals surface area contributed by atoms with Crippen molar-refractivity contribution in [2.75, 3.05) is 11.9 Å². The highest BCUT2D eigenvalue weighted by Crippen LogP contribution is 2.38. The Balaban J connectivity index is 1.64. The minimum Gasteiger partial charge on any atom is -0.481 e. The van der Waals surface area contributed by atoms with Gasteiger partial charge in [-0.15, -0.1) is 0 Å². The first-order valence-electron chi connectivity index (χ1n) is 8.33. The number of likely N-dealkylation sites (tertiary alicyclic amines) is 1. The molecule has 1 saturated carbocycles. The lowest BCUT2D eigenvalue weighted by atomic mass is 10.0. The number of amides is 2. The predicted molar refractivity (Wildman–Crippen MR) is 88.6 cm³/mol. The Kier molecular flexibility index (Phi) is 4.30. The van der Waals surface area contributed by atoms with E-state index in [-0.39, 0.29) is 23.8 Å². The molecule has 4 unspecified atom stereocenters. The molecule has 0 spiro atoms. The average molecular weight is 330 g/mol. The number of hydrogen-bond donors (Lipinski definition) is 2. The average Bonchev–Trinajstić information content (AvgIpc) is 3.15. The van der Waals surface area contributed by atoms with Crippen molar-refractivity contribution >= 4 is 23.5 Å². The number of aliphatic carboxylic acids is 1. The van der Waals surface area contributed by atoms with Crippen molar-refractivity contribution in [1.82, 2.24) is 4.90 Å². The van der Waals surface area contributed by atoms with Gasteiger partial charge in [0.1, 0.15) is 0 Å². The Bertz CT molecular complexity index is 670. The molecule has 0 radical (unpaired) electrons. The fraction of sp³-hybridized carbons (Fsp3) is 0.500. The van der Waals surface area contributed by atoms with Gasteiger partial charge in [-0.05, 0) is 49.9 Å². The van der Waals surface area contributed by atoms with E-state index in [1.54, 1.807) is 36.1 Å². The summed E-state index contributed by atoms with van der Waals surface area (Å²) in [7, 11) is 0. The van der Waals surface area contributed by atoms with Crippen LogP contribution in [0.3, 0.4) is 0 Å². The number of carbonyl (C=O) groups is 3. The molecule has 2 amide bonds. The van der Waals surface area contributed by atoms with Crippen LogP contribution in [0.15, 0.2) is 24.3 Å². The van der Waals surface area contributed by atoms with Gasteiger partial charge in [-0.2, -0.15) is 0 Å². The number of carbonyl (C=O) groups excluding carboxylic acids is 2. The molecule has 24 heavy (non-hydrogen) atoms. The van der Waals surface area contributed by atoms with E-state index < -0.39 is 11.9 Å². The first-order valence-corrected chi connectivity index (χ1v) is 8.33. The summed E-state index contributed by atoms with van der Waals surface area (Å²) in [5.74, 6) is -0.952. The minimum atomic E-state index is -0.856. The summed E-state index contributed by atoms with van der Waals surface area (Å²) in [4.78, 5) is 37.3. The number of anilines is 1. The maximum atomic E-state index is 12.6. The van der Waals surface area contributed by atoms with Crippen LogP contribution in [0.25, 0.3) is 0 Å². The summed E-state index contributed by atoms with van der Waals surface area (Å²) in [6.07, 6.45) is 1.41. The molecule has 0 aromatic heterocycles. The van der Waals surface area contributed by atoms with Crippen molar-refractivity contribution in [2.45, 2.75) is 32.7 Å². The van der Waals surface area contributed by atoms with Crippen LogP contribution in [0.4, 0.5) is 5.69 Å². The van der Waals surface area contributed by atoms with Crippen molar-refractivity contribution in [2.24, 2.45) is 17.8 Å². The molecule has 3 rings (SSSR count). The summed E-state index contributed by atoms with van der Waals surface area (Å²) < 4.78 is 0. The second-order valence-corrected chi connectivity index (χ2v) is 6.86. The number of carboxylic acids is 1. The molecule has 1 aromatic carbocycles. The predicted octanol–water partition coefficient (Wildman–Crippen LogP) is 2.22. The van der Waals surface area contributed by atoms with Gasteiger partial charge in [0.15, 0.2) is 0 Å². The highest BCUT2D eigenvalue weighted by Gasteiger charge is 2.39. The van der Waals surface area contributed by atoms with E-state index in [2.05, 4.69) is 5.32 Å². The Morgan fingerprint density at radius 3 is 2.25 bits per heavy atom. The third kappa shape index (κ3) is 3.13. The molecule has 2 fully saturated rings. The van der Waals surface area contributed by atoms with Gasteiger partial charge in [-0.1, -0.05) is 6.92 Å². The number of nitrogens with zero attached hydrogens (tertiary/aromatic N) is 1. The van der Waals surface area contributed by atoms with Gasteiger partial charge >= 0.3 is 5.97 Å². The maximum Gasteiger partial charge on any atom is 0.308 e. The zero-order chi connectivity index (χ0) is 17.4. The Morgan fingerprint density at radius 2 is 1.75 bits per heavy atom. The molecule has 0 bridgehead atoms. The van der Waals surface area contributed by atoms with E-state index in [0.717, 1.165) is 6.42 Å². The van der Waals surface area contributed by atoms with E-state index in [1.165, 1.54) is 0 Å². The zero-order valence-corrected chi connectivity index (χ0v) is 13.9. The number of hydrogen-bond acceptors (Lipinski definition) is 3. The van der Waals surface area contributed by atoms with Crippen molar-refractivity contribution in [3.05, 3.63) is 29.8 Å². The zero-order valence-electron chi connectivity index (χ0n) is 13.9. The van der Waals surface area contributed by atoms with Crippen LogP contribution in [0.5, 0.6) is 0 Å². The number of carboxylic acid groups (broad SMARTS) is 1. The highest BCUT2D eigenvalue weighted by molar-refractivity contribution is 5.97. The summed E-state index contributed by atoms with van der Waals surface area (Å²) >= 11 is 0. The second-order valence-electron chi connectivity index (χ2n) is 6.86. The van der Waals surface area contributed by atoms with Crippen molar-refractivity contribution in [1.29, 1.82) is 0 Å². The third-order valence-electron chi connectivity index (χ3n) is 5.18. The van der Waals surface area contributed by atoms with E-state index in [1.807, 2.05) is 6.92 Å². The van der Waals surface area contributed by atoms with Crippen molar-refractivity contribution in [3.63, 3.8) is 0 Å². The van der Waals surface area contributed by atoms with Crippen LogP contribution in [0.2, 0.25) is 0 Å². The first kappa shape index (κ1) is 16.5. The van der Waals surface area contributed by atoms with E-state index in [9.17, 15) is 14.4 Å². The van der Waals surface area contributed by atoms with E-state index >= 15 is 0 Å². The van der Waals surface area contributed by atoms with Crippen molar-refractivity contribution in [3.8, 4) is 0 Å². The first-order chi connectivity index (χ1) is 11.4. The Hall–Kier alpha value is -2.37. The molecule has 1 aliphatic carbocycles. The van der Waals surface area contributed by atoms with Crippen LogP contribution in [0, 0.1) is 17.8 Å². The monoisotopic (exact) mass is 330 g/mol. The van der Waals surface area contributed by atoms with Crippen LogP contribution in [-0.4, -0.2) is 40.4 Å². The lowest BCUT2D eigenvalue weighted by Crippen LogP contribution is -2.37. The summed E-state index contributed by atoms with van der Waals surface area (Å²) in [5, 5.41) is 12.0. The molecular formula is C18H22N2O4. The van der Waals surface area contributed by atoms with E-state index in [4.69, 9.17) is 5.11 Å². The lowest BCUT2D eigenvalue weighted by molar-refractivity contribution is -0.142. The molecule has 6 nitrogen and oxygen atoms in total. The molecular weight excluding hydrogens is 308 g/mol. The summed E-state index contributed by atoms with van der Waals surface area (Å²) in [5.41, 5.74) is 1.18. The second kappa shape index (κ2) is 6.26. The van der Waals surface area contributed by atoms with Gasteiger partial charge in [-0.25, -0.2) is 0 Å². The fourth-order valence-electron chi connectivity index (χ4n) is 3.34. The normalized spacial score (nSPS) is 28.5. The molecule has 1 heterocycles. The van der Waals surface area contributed by atoms with Crippen LogP contribution in [0.1, 0.15) is 37.0 Å². The quantitative estimate of drug-likeness (QED) is 0.886. The van der Waals surface area contributed by atoms with Gasteiger partial charge in [0.05, 0.1) is 5.92 Å². The molecule has 1 aromatic rings. The Labute approximate surface area is 140 Å². The molecule has 128 valence electrons. The number of nitrogens with one attached hydrogen (secondary N) is 1. The summed E-state index contributed by atoms with van der Waals surface area (Å²) in [6, 6.07) is 6.47. The summed E-state index contributed by atoms with van der Waals surface area (Å²) in [6.45, 7) is 4.28. The van der Waals surface area contributed by atoms with Crippen LogP contribution < -0.4 is 5.32 Å². The Morgan fingerprint density at radius 1 is 1.12 bits per heavy atom. The third-order valence-corrected chi connectivity index (χ3v) is 5.18. The number of benzene rings is 1. The van der Waals surface area contributed by atoms with Gasteiger partial charge in [0.2, 0.25) is 5.91 Å². The molecule has 2 N–H and O–H groups in total. The molecule has 6 heteroatoms.